The van der Waals surface area contributed by atoms with Gasteiger partial charge in [-0.1, -0.05) is 41.4 Å². The van der Waals surface area contributed by atoms with E-state index in [-0.39, 0.29) is 0 Å². The SMILES string of the molecule is CCNC(=NCc1ccc(Cl)cc1)NCCc1ccc(Cl)nc1. The van der Waals surface area contributed by atoms with Crippen LogP contribution in [-0.4, -0.2) is 24.0 Å². The van der Waals surface area contributed by atoms with Crippen LogP contribution in [0.25, 0.3) is 0 Å². The number of aliphatic imine (C=N–C) groups is 1. The molecule has 0 radical (unpaired) electrons. The molecule has 6 heteroatoms. The molecule has 0 saturated heterocycles. The molecule has 0 aliphatic rings. The van der Waals surface area contributed by atoms with Crippen molar-refractivity contribution in [3.05, 3.63) is 63.9 Å². The minimum atomic E-state index is 0.513. The molecule has 0 bridgehead atoms. The van der Waals surface area contributed by atoms with E-state index in [9.17, 15) is 0 Å². The minimum absolute atomic E-state index is 0.513. The van der Waals surface area contributed by atoms with Gasteiger partial charge in [0.05, 0.1) is 6.54 Å². The van der Waals surface area contributed by atoms with E-state index in [0.717, 1.165) is 41.6 Å². The van der Waals surface area contributed by atoms with Crippen molar-refractivity contribution < 1.29 is 0 Å². The van der Waals surface area contributed by atoms with Crippen LogP contribution in [0.2, 0.25) is 10.2 Å². The van der Waals surface area contributed by atoms with Crippen LogP contribution in [0, 0.1) is 0 Å². The molecule has 4 nitrogen and oxygen atoms in total. The Balaban J connectivity index is 1.86. The van der Waals surface area contributed by atoms with Gasteiger partial charge < -0.3 is 10.6 Å². The molecule has 122 valence electrons. The smallest absolute Gasteiger partial charge is 0.191 e. The molecule has 2 N–H and O–H groups in total. The first-order chi connectivity index (χ1) is 11.2. The monoisotopic (exact) mass is 350 g/mol. The van der Waals surface area contributed by atoms with Crippen LogP contribution in [0.4, 0.5) is 0 Å². The van der Waals surface area contributed by atoms with Crippen LogP contribution in [0.15, 0.2) is 47.6 Å². The van der Waals surface area contributed by atoms with Gasteiger partial charge in [-0.3, -0.25) is 0 Å². The molecule has 0 spiro atoms. The fourth-order valence-corrected chi connectivity index (χ4v) is 2.22. The number of aromatic nitrogens is 1. The van der Waals surface area contributed by atoms with Crippen molar-refractivity contribution in [3.8, 4) is 0 Å². The Hall–Kier alpha value is -1.78. The number of benzene rings is 1. The second-order valence-corrected chi connectivity index (χ2v) is 5.81. The Bertz CT molecular complexity index is 624. The Kier molecular flexibility index (Phi) is 7.17. The molecule has 0 amide bonds. The summed E-state index contributed by atoms with van der Waals surface area (Å²) in [6.45, 7) is 4.24. The lowest BCUT2D eigenvalue weighted by Gasteiger charge is -2.11. The van der Waals surface area contributed by atoms with Crippen LogP contribution < -0.4 is 10.6 Å². The maximum absolute atomic E-state index is 5.89. The molecule has 1 aromatic carbocycles. The zero-order valence-electron chi connectivity index (χ0n) is 13.0. The fourth-order valence-electron chi connectivity index (χ4n) is 1.98. The third-order valence-electron chi connectivity index (χ3n) is 3.17. The van der Waals surface area contributed by atoms with Gasteiger partial charge in [-0.05, 0) is 42.7 Å². The highest BCUT2D eigenvalue weighted by Gasteiger charge is 1.99. The summed E-state index contributed by atoms with van der Waals surface area (Å²) in [5, 5.41) is 7.80. The number of hydrogen-bond acceptors (Lipinski definition) is 2. The highest BCUT2D eigenvalue weighted by atomic mass is 35.5. The van der Waals surface area contributed by atoms with E-state index >= 15 is 0 Å². The molecule has 0 aliphatic carbocycles. The molecule has 0 unspecified atom stereocenters. The summed E-state index contributed by atoms with van der Waals surface area (Å²) < 4.78 is 0. The maximum atomic E-state index is 5.89. The fraction of sp³-hybridized carbons (Fsp3) is 0.294. The summed E-state index contributed by atoms with van der Waals surface area (Å²) in [7, 11) is 0. The number of guanidine groups is 1. The number of hydrogen-bond donors (Lipinski definition) is 2. The van der Waals surface area contributed by atoms with E-state index in [1.165, 1.54) is 0 Å². The molecule has 1 aromatic heterocycles. The van der Waals surface area contributed by atoms with Crippen molar-refractivity contribution in [2.45, 2.75) is 19.9 Å². The summed E-state index contributed by atoms with van der Waals surface area (Å²) in [5.74, 6) is 0.796. The average molecular weight is 351 g/mol. The lowest BCUT2D eigenvalue weighted by molar-refractivity contribution is 0.798. The van der Waals surface area contributed by atoms with Gasteiger partial charge in [0.2, 0.25) is 0 Å². The van der Waals surface area contributed by atoms with Gasteiger partial charge in [0, 0.05) is 24.3 Å². The zero-order chi connectivity index (χ0) is 16.5. The molecular formula is C17H20Cl2N4. The normalized spacial score (nSPS) is 11.3. The molecular weight excluding hydrogens is 331 g/mol. The van der Waals surface area contributed by atoms with Crippen molar-refractivity contribution in [1.29, 1.82) is 0 Å². The van der Waals surface area contributed by atoms with Gasteiger partial charge in [-0.25, -0.2) is 9.98 Å². The first-order valence-corrected chi connectivity index (χ1v) is 8.30. The second-order valence-electron chi connectivity index (χ2n) is 4.99. The van der Waals surface area contributed by atoms with E-state index in [1.807, 2.05) is 37.3 Å². The topological polar surface area (TPSA) is 49.3 Å². The largest absolute Gasteiger partial charge is 0.357 e. The van der Waals surface area contributed by atoms with Crippen LogP contribution >= 0.6 is 23.2 Å². The Labute approximate surface area is 146 Å². The van der Waals surface area contributed by atoms with Gasteiger partial charge in [0.25, 0.3) is 0 Å². The minimum Gasteiger partial charge on any atom is -0.357 e. The molecule has 23 heavy (non-hydrogen) atoms. The lowest BCUT2D eigenvalue weighted by atomic mass is 10.2. The Morgan fingerprint density at radius 2 is 1.78 bits per heavy atom. The number of nitrogens with zero attached hydrogens (tertiary/aromatic N) is 2. The summed E-state index contributed by atoms with van der Waals surface area (Å²) >= 11 is 11.7. The highest BCUT2D eigenvalue weighted by Crippen LogP contribution is 2.10. The number of rotatable bonds is 6. The van der Waals surface area contributed by atoms with Gasteiger partial charge in [-0.2, -0.15) is 0 Å². The first-order valence-electron chi connectivity index (χ1n) is 7.54. The summed E-state index contributed by atoms with van der Waals surface area (Å²) in [5.41, 5.74) is 2.25. The van der Waals surface area contributed by atoms with Gasteiger partial charge in [-0.15, -0.1) is 0 Å². The van der Waals surface area contributed by atoms with Gasteiger partial charge in [0.15, 0.2) is 5.96 Å². The molecule has 0 atom stereocenters. The van der Waals surface area contributed by atoms with E-state index in [4.69, 9.17) is 23.2 Å². The van der Waals surface area contributed by atoms with E-state index in [1.54, 1.807) is 12.3 Å². The van der Waals surface area contributed by atoms with Crippen molar-refractivity contribution in [3.63, 3.8) is 0 Å². The lowest BCUT2D eigenvalue weighted by Crippen LogP contribution is -2.38. The Morgan fingerprint density at radius 3 is 2.43 bits per heavy atom. The van der Waals surface area contributed by atoms with Crippen LogP contribution in [0.1, 0.15) is 18.1 Å². The van der Waals surface area contributed by atoms with E-state index in [2.05, 4.69) is 20.6 Å². The molecule has 2 aromatic rings. The third-order valence-corrected chi connectivity index (χ3v) is 3.65. The van der Waals surface area contributed by atoms with Crippen LogP contribution in [0.3, 0.4) is 0 Å². The van der Waals surface area contributed by atoms with E-state index in [0.29, 0.717) is 11.7 Å². The summed E-state index contributed by atoms with van der Waals surface area (Å²) in [6.07, 6.45) is 2.65. The standard InChI is InChI=1S/C17H20Cl2N4/c1-2-20-17(23-12-13-3-6-15(18)7-4-13)21-10-9-14-5-8-16(19)22-11-14/h3-8,11H,2,9-10,12H2,1H3,(H2,20,21,23). The number of nitrogens with one attached hydrogen (secondary N) is 2. The molecule has 0 saturated carbocycles. The highest BCUT2D eigenvalue weighted by molar-refractivity contribution is 6.30. The van der Waals surface area contributed by atoms with Crippen molar-refractivity contribution in [2.75, 3.05) is 13.1 Å². The molecule has 0 fully saturated rings. The summed E-state index contributed by atoms with van der Waals surface area (Å²) in [4.78, 5) is 8.65. The van der Waals surface area contributed by atoms with E-state index < -0.39 is 0 Å². The van der Waals surface area contributed by atoms with Crippen LogP contribution in [0.5, 0.6) is 0 Å². The maximum Gasteiger partial charge on any atom is 0.191 e. The quantitative estimate of drug-likeness (QED) is 0.474. The van der Waals surface area contributed by atoms with Crippen LogP contribution in [-0.2, 0) is 13.0 Å². The molecule has 2 rings (SSSR count). The Morgan fingerprint density at radius 1 is 1.04 bits per heavy atom. The van der Waals surface area contributed by atoms with Crippen molar-refractivity contribution in [2.24, 2.45) is 4.99 Å². The molecule has 0 aliphatic heterocycles. The average Bonchev–Trinajstić information content (AvgIpc) is 2.56. The van der Waals surface area contributed by atoms with Crippen molar-refractivity contribution in [1.82, 2.24) is 15.6 Å². The predicted octanol–water partition coefficient (Wildman–Crippen LogP) is 3.69. The molecule has 1 heterocycles. The first kappa shape index (κ1) is 17.6. The van der Waals surface area contributed by atoms with Gasteiger partial charge in [0.1, 0.15) is 5.15 Å². The summed E-state index contributed by atoms with van der Waals surface area (Å²) in [6, 6.07) is 11.5. The second kappa shape index (κ2) is 9.38. The third kappa shape index (κ3) is 6.47. The van der Waals surface area contributed by atoms with Gasteiger partial charge >= 0.3 is 0 Å². The number of halogens is 2. The number of pyridine rings is 1. The zero-order valence-corrected chi connectivity index (χ0v) is 14.5. The van der Waals surface area contributed by atoms with Crippen molar-refractivity contribution >= 4 is 29.2 Å². The predicted molar refractivity (Wildman–Crippen MR) is 97.2 cm³/mol.